The number of hydrogen-bond donors (Lipinski definition) is 0. The summed E-state index contributed by atoms with van der Waals surface area (Å²) in [5, 5.41) is 0. The molecule has 1 heterocycles. The van der Waals surface area contributed by atoms with Crippen LogP contribution in [0.3, 0.4) is 0 Å². The van der Waals surface area contributed by atoms with Gasteiger partial charge in [0.15, 0.2) is 0 Å². The summed E-state index contributed by atoms with van der Waals surface area (Å²) in [7, 11) is 0. The van der Waals surface area contributed by atoms with Crippen LogP contribution < -0.4 is 0 Å². The van der Waals surface area contributed by atoms with Gasteiger partial charge in [0.1, 0.15) is 0 Å². The van der Waals surface area contributed by atoms with Gasteiger partial charge < -0.3 is 4.74 Å². The van der Waals surface area contributed by atoms with E-state index >= 15 is 0 Å². The Kier molecular flexibility index (Phi) is 3.75. The molecule has 1 unspecified atom stereocenters. The molecule has 82 valence electrons. The summed E-state index contributed by atoms with van der Waals surface area (Å²) in [5.74, 6) is 0. The lowest BCUT2D eigenvalue weighted by atomic mass is 10.1. The summed E-state index contributed by atoms with van der Waals surface area (Å²) in [4.78, 5) is 2.46. The molecule has 1 aliphatic rings. The zero-order chi connectivity index (χ0) is 10.5. The van der Waals surface area contributed by atoms with Crippen molar-refractivity contribution >= 4 is 0 Å². The van der Waals surface area contributed by atoms with Crippen LogP contribution in [0, 0.1) is 0 Å². The van der Waals surface area contributed by atoms with Gasteiger partial charge in [0.05, 0.1) is 12.7 Å². The molecule has 2 heteroatoms. The fourth-order valence-corrected chi connectivity index (χ4v) is 2.07. The third kappa shape index (κ3) is 3.05. The molecule has 0 bridgehead atoms. The fourth-order valence-electron chi connectivity index (χ4n) is 2.07. The zero-order valence-corrected chi connectivity index (χ0v) is 9.36. The number of ether oxygens (including phenoxy) is 1. The van der Waals surface area contributed by atoms with Crippen molar-refractivity contribution in [3.8, 4) is 0 Å². The molecule has 2 nitrogen and oxygen atoms in total. The van der Waals surface area contributed by atoms with E-state index in [4.69, 9.17) is 4.74 Å². The highest BCUT2D eigenvalue weighted by Crippen LogP contribution is 2.11. The molecule has 0 N–H and O–H groups in total. The first kappa shape index (κ1) is 10.7. The Bertz CT molecular complexity index is 286. The Morgan fingerprint density at radius 3 is 2.87 bits per heavy atom. The third-order valence-corrected chi connectivity index (χ3v) is 2.98. The zero-order valence-electron chi connectivity index (χ0n) is 9.36. The lowest BCUT2D eigenvalue weighted by molar-refractivity contribution is -0.0257. The van der Waals surface area contributed by atoms with Crippen molar-refractivity contribution in [3.63, 3.8) is 0 Å². The summed E-state index contributed by atoms with van der Waals surface area (Å²) in [6.45, 7) is 6.39. The van der Waals surface area contributed by atoms with Gasteiger partial charge in [-0.2, -0.15) is 0 Å². The van der Waals surface area contributed by atoms with Crippen molar-refractivity contribution < 1.29 is 4.74 Å². The second-order valence-electron chi connectivity index (χ2n) is 4.08. The van der Waals surface area contributed by atoms with E-state index in [-0.39, 0.29) is 0 Å². The number of benzene rings is 1. The van der Waals surface area contributed by atoms with Gasteiger partial charge in [-0.05, 0) is 18.5 Å². The molecule has 0 saturated carbocycles. The van der Waals surface area contributed by atoms with Crippen molar-refractivity contribution in [3.05, 3.63) is 35.9 Å². The Hall–Kier alpha value is -0.860. The van der Waals surface area contributed by atoms with Crippen LogP contribution in [0.2, 0.25) is 0 Å². The molecule has 0 radical (unpaired) electrons. The molecule has 2 rings (SSSR count). The van der Waals surface area contributed by atoms with Crippen LogP contribution in [0.25, 0.3) is 0 Å². The molecular formula is C13H19NO. The van der Waals surface area contributed by atoms with E-state index in [1.54, 1.807) is 0 Å². The third-order valence-electron chi connectivity index (χ3n) is 2.98. The van der Waals surface area contributed by atoms with Crippen molar-refractivity contribution in [1.29, 1.82) is 0 Å². The van der Waals surface area contributed by atoms with E-state index < -0.39 is 0 Å². The maximum atomic E-state index is 5.77. The molecule has 1 atom stereocenters. The summed E-state index contributed by atoms with van der Waals surface area (Å²) >= 11 is 0. The molecule has 15 heavy (non-hydrogen) atoms. The first-order valence-corrected chi connectivity index (χ1v) is 5.76. The molecule has 1 aromatic rings. The maximum absolute atomic E-state index is 5.77. The van der Waals surface area contributed by atoms with Gasteiger partial charge in [-0.25, -0.2) is 0 Å². The average molecular weight is 205 g/mol. The smallest absolute Gasteiger partial charge is 0.0742 e. The summed E-state index contributed by atoms with van der Waals surface area (Å²) in [6.07, 6.45) is 1.42. The number of likely N-dealkylation sites (N-methyl/N-ethyl adjacent to an activating group) is 1. The van der Waals surface area contributed by atoms with E-state index in [2.05, 4.69) is 42.2 Å². The number of morpholine rings is 1. The molecule has 1 saturated heterocycles. The minimum Gasteiger partial charge on any atom is -0.375 e. The Labute approximate surface area is 91.9 Å². The SMILES string of the molecule is CCN1CCOC(Cc2ccccc2)C1. The minimum absolute atomic E-state index is 0.376. The van der Waals surface area contributed by atoms with E-state index in [1.807, 2.05) is 0 Å². The Morgan fingerprint density at radius 2 is 2.13 bits per heavy atom. The number of rotatable bonds is 3. The molecule has 0 aromatic heterocycles. The van der Waals surface area contributed by atoms with E-state index in [9.17, 15) is 0 Å². The van der Waals surface area contributed by atoms with Gasteiger partial charge in [-0.15, -0.1) is 0 Å². The van der Waals surface area contributed by atoms with Crippen molar-refractivity contribution in [1.82, 2.24) is 4.90 Å². The van der Waals surface area contributed by atoms with Gasteiger partial charge in [0.2, 0.25) is 0 Å². The van der Waals surface area contributed by atoms with Gasteiger partial charge in [-0.1, -0.05) is 37.3 Å². The lowest BCUT2D eigenvalue weighted by Crippen LogP contribution is -2.43. The predicted molar refractivity (Wildman–Crippen MR) is 62.0 cm³/mol. The molecule has 1 aliphatic heterocycles. The standard InChI is InChI=1S/C13H19NO/c1-2-14-8-9-15-13(11-14)10-12-6-4-3-5-7-12/h3-7,13H,2,8-11H2,1H3. The van der Waals surface area contributed by atoms with Crippen LogP contribution in [-0.4, -0.2) is 37.2 Å². The first-order valence-electron chi connectivity index (χ1n) is 5.76. The van der Waals surface area contributed by atoms with Crippen molar-refractivity contribution in [2.75, 3.05) is 26.2 Å². The van der Waals surface area contributed by atoms with Crippen LogP contribution >= 0.6 is 0 Å². The first-order chi connectivity index (χ1) is 7.38. The van der Waals surface area contributed by atoms with Gasteiger partial charge >= 0.3 is 0 Å². The average Bonchev–Trinajstić information content (AvgIpc) is 2.31. The molecule has 0 aliphatic carbocycles. The summed E-state index contributed by atoms with van der Waals surface area (Å²) < 4.78 is 5.77. The molecule has 0 spiro atoms. The predicted octanol–water partition coefficient (Wildman–Crippen LogP) is 1.95. The molecule has 0 amide bonds. The highest BCUT2D eigenvalue weighted by atomic mass is 16.5. The number of hydrogen-bond acceptors (Lipinski definition) is 2. The topological polar surface area (TPSA) is 12.5 Å². The van der Waals surface area contributed by atoms with Crippen LogP contribution in [0.1, 0.15) is 12.5 Å². The van der Waals surface area contributed by atoms with Gasteiger partial charge in [-0.3, -0.25) is 4.90 Å². The van der Waals surface area contributed by atoms with Crippen molar-refractivity contribution in [2.24, 2.45) is 0 Å². The van der Waals surface area contributed by atoms with E-state index in [0.29, 0.717) is 6.10 Å². The van der Waals surface area contributed by atoms with Crippen LogP contribution in [0.4, 0.5) is 0 Å². The monoisotopic (exact) mass is 205 g/mol. The quantitative estimate of drug-likeness (QED) is 0.748. The molecular weight excluding hydrogens is 186 g/mol. The van der Waals surface area contributed by atoms with Crippen molar-refractivity contribution in [2.45, 2.75) is 19.4 Å². The van der Waals surface area contributed by atoms with Crippen LogP contribution in [0.15, 0.2) is 30.3 Å². The van der Waals surface area contributed by atoms with E-state index in [1.165, 1.54) is 5.56 Å². The van der Waals surface area contributed by atoms with Gasteiger partial charge in [0, 0.05) is 13.1 Å². The Balaban J connectivity index is 1.89. The highest BCUT2D eigenvalue weighted by Gasteiger charge is 2.19. The normalized spacial score (nSPS) is 22.9. The summed E-state index contributed by atoms with van der Waals surface area (Å²) in [5.41, 5.74) is 1.38. The fraction of sp³-hybridized carbons (Fsp3) is 0.538. The lowest BCUT2D eigenvalue weighted by Gasteiger charge is -2.32. The number of nitrogens with zero attached hydrogens (tertiary/aromatic N) is 1. The second kappa shape index (κ2) is 5.29. The van der Waals surface area contributed by atoms with Crippen LogP contribution in [-0.2, 0) is 11.2 Å². The molecule has 1 fully saturated rings. The second-order valence-corrected chi connectivity index (χ2v) is 4.08. The highest BCUT2D eigenvalue weighted by molar-refractivity contribution is 5.15. The van der Waals surface area contributed by atoms with E-state index in [0.717, 1.165) is 32.7 Å². The van der Waals surface area contributed by atoms with Crippen LogP contribution in [0.5, 0.6) is 0 Å². The Morgan fingerprint density at radius 1 is 1.33 bits per heavy atom. The van der Waals surface area contributed by atoms with Gasteiger partial charge in [0.25, 0.3) is 0 Å². The minimum atomic E-state index is 0.376. The largest absolute Gasteiger partial charge is 0.375 e. The maximum Gasteiger partial charge on any atom is 0.0742 e. The summed E-state index contributed by atoms with van der Waals surface area (Å²) in [6, 6.07) is 10.6. The molecule has 1 aromatic carbocycles.